The van der Waals surface area contributed by atoms with Crippen molar-refractivity contribution in [3.63, 3.8) is 0 Å². The molecule has 7 nitrogen and oxygen atoms in total. The summed E-state index contributed by atoms with van der Waals surface area (Å²) in [6.45, 7) is 3.39. The Hall–Kier alpha value is -2.22. The van der Waals surface area contributed by atoms with Gasteiger partial charge in [0.15, 0.2) is 0 Å². The van der Waals surface area contributed by atoms with Crippen LogP contribution < -0.4 is 0 Å². The Balaban J connectivity index is 2.47. The van der Waals surface area contributed by atoms with Crippen molar-refractivity contribution < 1.29 is 14.6 Å². The third-order valence-electron chi connectivity index (χ3n) is 4.30. The molecule has 0 saturated heterocycles. The highest BCUT2D eigenvalue weighted by molar-refractivity contribution is 6.19. The molecule has 0 aromatic heterocycles. The molecule has 0 radical (unpaired) electrons. The topological polar surface area (TPSA) is 95.5 Å². The minimum Gasteiger partial charge on any atom is -0.357 e. The predicted octanol–water partition coefficient (Wildman–Crippen LogP) is 5.13. The maximum absolute atomic E-state index is 11.1. The van der Waals surface area contributed by atoms with Crippen molar-refractivity contribution in [3.8, 4) is 0 Å². The smallest absolute Gasteiger partial charge is 0.269 e. The molecule has 0 bridgehead atoms. The van der Waals surface area contributed by atoms with Crippen LogP contribution in [-0.2, 0) is 15.9 Å². The lowest BCUT2D eigenvalue weighted by atomic mass is 9.92. The molecule has 0 amide bonds. The Labute approximate surface area is 166 Å². The number of alkyl halides is 2. The summed E-state index contributed by atoms with van der Waals surface area (Å²) in [5.41, 5.74) is -1.38. The van der Waals surface area contributed by atoms with E-state index in [1.54, 1.807) is 38.1 Å². The number of benzene rings is 2. The number of non-ortho nitro benzene ring substituents is 2. The van der Waals surface area contributed by atoms with E-state index in [0.717, 1.165) is 0 Å². The molecule has 0 saturated carbocycles. The zero-order valence-electron chi connectivity index (χ0n) is 14.7. The number of rotatable bonds is 8. The van der Waals surface area contributed by atoms with Crippen LogP contribution in [0.5, 0.6) is 0 Å². The molecule has 0 aliphatic rings. The van der Waals surface area contributed by atoms with Gasteiger partial charge in [-0.1, -0.05) is 24.3 Å². The Bertz CT molecular complexity index is 794. The zero-order valence-corrected chi connectivity index (χ0v) is 16.2. The van der Waals surface area contributed by atoms with Gasteiger partial charge in [-0.2, -0.15) is 0 Å². The predicted molar refractivity (Wildman–Crippen MR) is 103 cm³/mol. The lowest BCUT2D eigenvalue weighted by molar-refractivity contribution is -0.385. The van der Waals surface area contributed by atoms with E-state index < -0.39 is 21.0 Å². The van der Waals surface area contributed by atoms with Crippen LogP contribution in [0.4, 0.5) is 11.4 Å². The van der Waals surface area contributed by atoms with Gasteiger partial charge in [0.2, 0.25) is 0 Å². The van der Waals surface area contributed by atoms with E-state index in [0.29, 0.717) is 11.1 Å². The van der Waals surface area contributed by atoms with E-state index in [1.165, 1.54) is 24.3 Å². The molecule has 0 spiro atoms. The average Bonchev–Trinajstić information content (AvgIpc) is 2.67. The fourth-order valence-electron chi connectivity index (χ4n) is 2.72. The van der Waals surface area contributed by atoms with Crippen molar-refractivity contribution in [2.75, 3.05) is 11.8 Å². The summed E-state index contributed by atoms with van der Waals surface area (Å²) < 4.78 is 6.26. The number of nitrogens with zero attached hydrogens (tertiary/aromatic N) is 2. The van der Waals surface area contributed by atoms with Crippen molar-refractivity contribution in [2.45, 2.75) is 25.0 Å². The van der Waals surface area contributed by atoms with Crippen molar-refractivity contribution >= 4 is 34.6 Å². The van der Waals surface area contributed by atoms with E-state index >= 15 is 0 Å². The number of nitro benzene ring substituents is 2. The van der Waals surface area contributed by atoms with Gasteiger partial charge in [0.05, 0.1) is 21.6 Å². The molecule has 2 aromatic rings. The van der Waals surface area contributed by atoms with Crippen LogP contribution in [0.2, 0.25) is 0 Å². The molecule has 2 aromatic carbocycles. The van der Waals surface area contributed by atoms with Crippen LogP contribution in [0.3, 0.4) is 0 Å². The maximum atomic E-state index is 11.1. The molecule has 9 heteroatoms. The third kappa shape index (κ3) is 4.55. The number of hydrogen-bond donors (Lipinski definition) is 0. The number of hydrogen-bond acceptors (Lipinski definition) is 5. The largest absolute Gasteiger partial charge is 0.357 e. The zero-order chi connectivity index (χ0) is 20.2. The van der Waals surface area contributed by atoms with E-state index in [4.69, 9.17) is 27.9 Å². The van der Waals surface area contributed by atoms with Gasteiger partial charge in [-0.25, -0.2) is 0 Å². The van der Waals surface area contributed by atoms with Gasteiger partial charge < -0.3 is 4.74 Å². The molecule has 27 heavy (non-hydrogen) atoms. The first-order valence-corrected chi connectivity index (χ1v) is 9.04. The van der Waals surface area contributed by atoms with Crippen molar-refractivity contribution in [1.82, 2.24) is 0 Å². The quantitative estimate of drug-likeness (QED) is 0.340. The van der Waals surface area contributed by atoms with Crippen LogP contribution >= 0.6 is 23.2 Å². The molecule has 2 rings (SSSR count). The summed E-state index contributed by atoms with van der Waals surface area (Å²) in [7, 11) is 0. The SMILES string of the molecule is CC(CCl)(OC(C)(CCl)c1cccc([N+](=O)[O-])c1)c1cccc([N+](=O)[O-])c1. The molecule has 0 aliphatic carbocycles. The molecule has 0 heterocycles. The normalized spacial score (nSPS) is 15.6. The molecule has 144 valence electrons. The van der Waals surface area contributed by atoms with E-state index in [-0.39, 0.29) is 23.1 Å². The van der Waals surface area contributed by atoms with Gasteiger partial charge in [0.1, 0.15) is 11.2 Å². The Morgan fingerprint density at radius 2 is 1.22 bits per heavy atom. The van der Waals surface area contributed by atoms with Crippen LogP contribution in [-0.4, -0.2) is 21.6 Å². The summed E-state index contributed by atoms with van der Waals surface area (Å²) in [5.74, 6) is -0.00878. The second-order valence-corrected chi connectivity index (χ2v) is 6.98. The van der Waals surface area contributed by atoms with Crippen molar-refractivity contribution in [1.29, 1.82) is 0 Å². The summed E-state index contributed by atoms with van der Waals surface area (Å²) in [5, 5.41) is 22.2. The first-order valence-electron chi connectivity index (χ1n) is 7.97. The summed E-state index contributed by atoms with van der Waals surface area (Å²) >= 11 is 12.3. The highest BCUT2D eigenvalue weighted by atomic mass is 35.5. The van der Waals surface area contributed by atoms with Crippen LogP contribution in [0, 0.1) is 20.2 Å². The van der Waals surface area contributed by atoms with E-state index in [2.05, 4.69) is 0 Å². The first kappa shape index (κ1) is 21.1. The maximum Gasteiger partial charge on any atom is 0.269 e. The molecule has 0 aliphatic heterocycles. The molecule has 0 N–H and O–H groups in total. The third-order valence-corrected chi connectivity index (χ3v) is 5.32. The Morgan fingerprint density at radius 1 is 0.852 bits per heavy atom. The number of halogens is 2. The summed E-state index contributed by atoms with van der Waals surface area (Å²) in [6.07, 6.45) is 0. The van der Waals surface area contributed by atoms with Gasteiger partial charge in [0, 0.05) is 24.3 Å². The fourth-order valence-corrected chi connectivity index (χ4v) is 3.14. The van der Waals surface area contributed by atoms with Crippen molar-refractivity contribution in [2.24, 2.45) is 0 Å². The van der Waals surface area contributed by atoms with Crippen LogP contribution in [0.15, 0.2) is 48.5 Å². The van der Waals surface area contributed by atoms with Gasteiger partial charge in [-0.3, -0.25) is 20.2 Å². The molecule has 2 unspecified atom stereocenters. The molecular formula is C18H18Cl2N2O5. The Morgan fingerprint density at radius 3 is 1.52 bits per heavy atom. The summed E-state index contributed by atoms with van der Waals surface area (Å²) in [4.78, 5) is 21.2. The van der Waals surface area contributed by atoms with Gasteiger partial charge in [-0.15, -0.1) is 23.2 Å². The lowest BCUT2D eigenvalue weighted by Gasteiger charge is -2.39. The molecule has 0 fully saturated rings. The number of nitro groups is 2. The van der Waals surface area contributed by atoms with Crippen LogP contribution in [0.25, 0.3) is 0 Å². The highest BCUT2D eigenvalue weighted by Gasteiger charge is 2.39. The van der Waals surface area contributed by atoms with Gasteiger partial charge in [-0.05, 0) is 25.0 Å². The minimum absolute atomic E-state index is 0.00439. The Kier molecular flexibility index (Phi) is 6.41. The van der Waals surface area contributed by atoms with Crippen LogP contribution in [0.1, 0.15) is 25.0 Å². The number of ether oxygens (including phenoxy) is 1. The highest BCUT2D eigenvalue weighted by Crippen LogP contribution is 2.39. The first-order chi connectivity index (χ1) is 12.6. The lowest BCUT2D eigenvalue weighted by Crippen LogP contribution is -2.40. The van der Waals surface area contributed by atoms with Gasteiger partial charge >= 0.3 is 0 Å². The molecule has 2 atom stereocenters. The standard InChI is InChI=1S/C18H18Cl2N2O5/c1-17(11-19,13-5-3-7-15(9-13)21(23)24)27-18(2,12-20)14-6-4-8-16(10-14)22(25)26/h3-10H,11-12H2,1-2H3. The second-order valence-electron chi connectivity index (χ2n) is 6.45. The molecular weight excluding hydrogens is 395 g/mol. The minimum atomic E-state index is -1.11. The van der Waals surface area contributed by atoms with E-state index in [1.807, 2.05) is 0 Å². The van der Waals surface area contributed by atoms with E-state index in [9.17, 15) is 20.2 Å². The van der Waals surface area contributed by atoms with Gasteiger partial charge in [0.25, 0.3) is 11.4 Å². The summed E-state index contributed by atoms with van der Waals surface area (Å²) in [6, 6.07) is 12.0. The fraction of sp³-hybridized carbons (Fsp3) is 0.333. The van der Waals surface area contributed by atoms with Crippen molar-refractivity contribution in [3.05, 3.63) is 79.9 Å². The average molecular weight is 413 g/mol. The second kappa shape index (κ2) is 8.21. The monoisotopic (exact) mass is 412 g/mol.